The molecule has 110 valence electrons. The second-order valence-electron chi connectivity index (χ2n) is 4.88. The number of piperidine rings is 1. The summed E-state index contributed by atoms with van der Waals surface area (Å²) < 4.78 is 5.06. The molecule has 0 spiro atoms. The SMILES string of the molecule is Cc1ncoc1C(=O)NC1CCN(CC(N)=NO)CC1. The van der Waals surface area contributed by atoms with Gasteiger partial charge < -0.3 is 20.7 Å². The van der Waals surface area contributed by atoms with Crippen LogP contribution in [0.15, 0.2) is 16.0 Å². The van der Waals surface area contributed by atoms with Gasteiger partial charge in [0.1, 0.15) is 0 Å². The van der Waals surface area contributed by atoms with Gasteiger partial charge in [-0.1, -0.05) is 5.16 Å². The van der Waals surface area contributed by atoms with Crippen molar-refractivity contribution in [3.05, 3.63) is 17.8 Å². The highest BCUT2D eigenvalue weighted by molar-refractivity contribution is 5.92. The second-order valence-corrected chi connectivity index (χ2v) is 4.88. The Morgan fingerprint density at radius 3 is 2.90 bits per heavy atom. The number of nitrogens with two attached hydrogens (primary N) is 1. The van der Waals surface area contributed by atoms with Gasteiger partial charge in [-0.3, -0.25) is 9.69 Å². The number of carbonyl (C=O) groups is 1. The molecule has 0 bridgehead atoms. The molecule has 0 aliphatic carbocycles. The number of nitrogens with zero attached hydrogens (tertiary/aromatic N) is 3. The van der Waals surface area contributed by atoms with Crippen molar-refractivity contribution in [2.24, 2.45) is 10.9 Å². The van der Waals surface area contributed by atoms with Gasteiger partial charge in [-0.15, -0.1) is 0 Å². The summed E-state index contributed by atoms with van der Waals surface area (Å²) in [5.74, 6) is 0.240. The molecule has 1 saturated heterocycles. The highest BCUT2D eigenvalue weighted by Gasteiger charge is 2.23. The number of amidine groups is 1. The molecule has 0 aromatic carbocycles. The molecule has 20 heavy (non-hydrogen) atoms. The average molecular weight is 281 g/mol. The van der Waals surface area contributed by atoms with E-state index < -0.39 is 0 Å². The zero-order valence-electron chi connectivity index (χ0n) is 11.4. The van der Waals surface area contributed by atoms with E-state index in [2.05, 4.69) is 20.4 Å². The molecule has 1 aliphatic heterocycles. The summed E-state index contributed by atoms with van der Waals surface area (Å²) in [5.41, 5.74) is 6.06. The van der Waals surface area contributed by atoms with Gasteiger partial charge in [0.25, 0.3) is 5.91 Å². The van der Waals surface area contributed by atoms with E-state index >= 15 is 0 Å². The largest absolute Gasteiger partial charge is 0.438 e. The quantitative estimate of drug-likeness (QED) is 0.308. The fourth-order valence-electron chi connectivity index (χ4n) is 2.27. The van der Waals surface area contributed by atoms with Crippen LogP contribution in [0, 0.1) is 6.92 Å². The Bertz CT molecular complexity index is 491. The molecular weight excluding hydrogens is 262 g/mol. The van der Waals surface area contributed by atoms with Crippen molar-refractivity contribution < 1.29 is 14.4 Å². The van der Waals surface area contributed by atoms with Gasteiger partial charge in [-0.25, -0.2) is 4.98 Å². The van der Waals surface area contributed by atoms with Crippen LogP contribution in [0.1, 0.15) is 29.1 Å². The molecule has 1 aromatic heterocycles. The number of hydrogen-bond donors (Lipinski definition) is 3. The molecular formula is C12H19N5O3. The van der Waals surface area contributed by atoms with Crippen molar-refractivity contribution in [1.82, 2.24) is 15.2 Å². The minimum Gasteiger partial charge on any atom is -0.438 e. The first kappa shape index (κ1) is 14.3. The summed E-state index contributed by atoms with van der Waals surface area (Å²) in [7, 11) is 0. The number of rotatable bonds is 4. The highest BCUT2D eigenvalue weighted by Crippen LogP contribution is 2.12. The van der Waals surface area contributed by atoms with E-state index in [9.17, 15) is 4.79 Å². The van der Waals surface area contributed by atoms with Crippen molar-refractivity contribution in [3.63, 3.8) is 0 Å². The fraction of sp³-hybridized carbons (Fsp3) is 0.583. The van der Waals surface area contributed by atoms with Crippen LogP contribution < -0.4 is 11.1 Å². The monoisotopic (exact) mass is 281 g/mol. The third-order valence-corrected chi connectivity index (χ3v) is 3.39. The van der Waals surface area contributed by atoms with Crippen LogP contribution in [0.5, 0.6) is 0 Å². The number of carbonyl (C=O) groups excluding carboxylic acids is 1. The lowest BCUT2D eigenvalue weighted by molar-refractivity contribution is 0.0885. The van der Waals surface area contributed by atoms with Gasteiger partial charge >= 0.3 is 0 Å². The zero-order valence-corrected chi connectivity index (χ0v) is 11.4. The Kier molecular flexibility index (Phi) is 4.57. The van der Waals surface area contributed by atoms with E-state index in [1.54, 1.807) is 6.92 Å². The number of oxime groups is 1. The Morgan fingerprint density at radius 2 is 2.35 bits per heavy atom. The van der Waals surface area contributed by atoms with Gasteiger partial charge in [0, 0.05) is 19.1 Å². The van der Waals surface area contributed by atoms with Crippen LogP contribution in [0.4, 0.5) is 0 Å². The number of aryl methyl sites for hydroxylation is 1. The maximum Gasteiger partial charge on any atom is 0.289 e. The topological polar surface area (TPSA) is 117 Å². The predicted molar refractivity (Wildman–Crippen MR) is 71.6 cm³/mol. The van der Waals surface area contributed by atoms with Gasteiger partial charge in [0.15, 0.2) is 12.2 Å². The molecule has 4 N–H and O–H groups in total. The molecule has 8 heteroatoms. The third-order valence-electron chi connectivity index (χ3n) is 3.39. The summed E-state index contributed by atoms with van der Waals surface area (Å²) in [6, 6.07) is 0.107. The minimum atomic E-state index is -0.227. The molecule has 0 saturated carbocycles. The van der Waals surface area contributed by atoms with Crippen molar-refractivity contribution >= 4 is 11.7 Å². The first-order chi connectivity index (χ1) is 9.60. The van der Waals surface area contributed by atoms with Crippen molar-refractivity contribution in [1.29, 1.82) is 0 Å². The third kappa shape index (κ3) is 3.47. The Hall–Kier alpha value is -2.09. The van der Waals surface area contributed by atoms with Crippen LogP contribution in [-0.2, 0) is 0 Å². The second kappa shape index (κ2) is 6.38. The summed E-state index contributed by atoms with van der Waals surface area (Å²) in [5, 5.41) is 14.4. The Morgan fingerprint density at radius 1 is 1.65 bits per heavy atom. The molecule has 0 atom stereocenters. The molecule has 1 aromatic rings. The van der Waals surface area contributed by atoms with Gasteiger partial charge in [0.2, 0.25) is 5.76 Å². The molecule has 0 radical (unpaired) electrons. The van der Waals surface area contributed by atoms with Crippen LogP contribution in [-0.4, -0.2) is 52.5 Å². The van der Waals surface area contributed by atoms with E-state index in [4.69, 9.17) is 15.4 Å². The van der Waals surface area contributed by atoms with Crippen LogP contribution in [0.3, 0.4) is 0 Å². The number of likely N-dealkylation sites (tertiary alicyclic amines) is 1. The summed E-state index contributed by atoms with van der Waals surface area (Å²) in [6.45, 7) is 3.75. The first-order valence-electron chi connectivity index (χ1n) is 6.50. The van der Waals surface area contributed by atoms with E-state index in [0.717, 1.165) is 25.9 Å². The van der Waals surface area contributed by atoms with E-state index in [-0.39, 0.29) is 23.5 Å². The fourth-order valence-corrected chi connectivity index (χ4v) is 2.27. The average Bonchev–Trinajstić information content (AvgIpc) is 2.87. The summed E-state index contributed by atoms with van der Waals surface area (Å²) in [4.78, 5) is 17.9. The van der Waals surface area contributed by atoms with Gasteiger partial charge in [-0.2, -0.15) is 0 Å². The first-order valence-corrected chi connectivity index (χ1v) is 6.50. The molecule has 1 aliphatic rings. The zero-order chi connectivity index (χ0) is 14.5. The minimum absolute atomic E-state index is 0.107. The number of aromatic nitrogens is 1. The van der Waals surface area contributed by atoms with Crippen molar-refractivity contribution in [2.75, 3.05) is 19.6 Å². The lowest BCUT2D eigenvalue weighted by Crippen LogP contribution is -2.46. The lowest BCUT2D eigenvalue weighted by Gasteiger charge is -2.31. The number of nitrogens with one attached hydrogen (secondary N) is 1. The van der Waals surface area contributed by atoms with E-state index in [1.165, 1.54) is 6.39 Å². The molecule has 0 unspecified atom stereocenters. The standard InChI is InChI=1S/C12H19N5O3/c1-8-11(20-7-14-8)12(18)15-9-2-4-17(5-3-9)6-10(13)16-19/h7,9,19H,2-6H2,1H3,(H2,13,16)(H,15,18). The smallest absolute Gasteiger partial charge is 0.289 e. The summed E-state index contributed by atoms with van der Waals surface area (Å²) in [6.07, 6.45) is 2.90. The molecule has 8 nitrogen and oxygen atoms in total. The van der Waals surface area contributed by atoms with Crippen molar-refractivity contribution in [2.45, 2.75) is 25.8 Å². The molecule has 1 fully saturated rings. The Labute approximate surface area is 116 Å². The van der Waals surface area contributed by atoms with Crippen molar-refractivity contribution in [3.8, 4) is 0 Å². The predicted octanol–water partition coefficient (Wildman–Crippen LogP) is -0.0764. The number of hydrogen-bond acceptors (Lipinski definition) is 6. The van der Waals surface area contributed by atoms with Gasteiger partial charge in [-0.05, 0) is 19.8 Å². The van der Waals surface area contributed by atoms with Crippen LogP contribution in [0.25, 0.3) is 0 Å². The van der Waals surface area contributed by atoms with Crippen LogP contribution in [0.2, 0.25) is 0 Å². The summed E-state index contributed by atoms with van der Waals surface area (Å²) >= 11 is 0. The Balaban J connectivity index is 1.80. The molecule has 1 amide bonds. The highest BCUT2D eigenvalue weighted by atomic mass is 16.4. The lowest BCUT2D eigenvalue weighted by atomic mass is 10.0. The van der Waals surface area contributed by atoms with E-state index in [0.29, 0.717) is 12.2 Å². The molecule has 2 rings (SSSR count). The normalized spacial score (nSPS) is 18.1. The maximum absolute atomic E-state index is 12.0. The number of oxazole rings is 1. The van der Waals surface area contributed by atoms with E-state index in [1.807, 2.05) is 0 Å². The van der Waals surface area contributed by atoms with Gasteiger partial charge in [0.05, 0.1) is 12.2 Å². The number of amides is 1. The molecule has 2 heterocycles. The van der Waals surface area contributed by atoms with Crippen LogP contribution >= 0.6 is 0 Å². The maximum atomic E-state index is 12.0.